The lowest BCUT2D eigenvalue weighted by Crippen LogP contribution is -1.98. The zero-order chi connectivity index (χ0) is 19.1. The molecule has 4 nitrogen and oxygen atoms in total. The molecule has 0 aliphatic rings. The predicted molar refractivity (Wildman–Crippen MR) is 109 cm³/mol. The number of halogens is 1. The molecule has 0 heterocycles. The maximum atomic E-state index is 5.90. The zero-order valence-electron chi connectivity index (χ0n) is 15.2. The highest BCUT2D eigenvalue weighted by Crippen LogP contribution is 2.29. The molecular formula is C22H20ClNO3. The molecule has 0 aromatic heterocycles. The van der Waals surface area contributed by atoms with E-state index in [9.17, 15) is 0 Å². The van der Waals surface area contributed by atoms with E-state index < -0.39 is 0 Å². The first-order valence-corrected chi connectivity index (χ1v) is 8.79. The van der Waals surface area contributed by atoms with Gasteiger partial charge in [0.15, 0.2) is 11.5 Å². The van der Waals surface area contributed by atoms with Gasteiger partial charge in [-0.15, -0.1) is 0 Å². The van der Waals surface area contributed by atoms with Crippen molar-refractivity contribution < 1.29 is 14.2 Å². The summed E-state index contributed by atoms with van der Waals surface area (Å²) < 4.78 is 16.5. The number of rotatable bonds is 7. The number of nitrogens with zero attached hydrogens (tertiary/aromatic N) is 1. The van der Waals surface area contributed by atoms with Crippen molar-refractivity contribution in [3.8, 4) is 17.2 Å². The third kappa shape index (κ3) is 5.25. The second-order valence-electron chi connectivity index (χ2n) is 5.78. The normalized spacial score (nSPS) is 10.8. The molecule has 0 fully saturated rings. The molecule has 0 amide bonds. The van der Waals surface area contributed by atoms with Crippen LogP contribution in [0.2, 0.25) is 5.02 Å². The minimum Gasteiger partial charge on any atom is -0.497 e. The number of hydrogen-bond acceptors (Lipinski definition) is 4. The van der Waals surface area contributed by atoms with Gasteiger partial charge in [0.25, 0.3) is 0 Å². The first-order chi connectivity index (χ1) is 13.2. The fourth-order valence-corrected chi connectivity index (χ4v) is 2.57. The van der Waals surface area contributed by atoms with Crippen LogP contribution in [0.25, 0.3) is 0 Å². The summed E-state index contributed by atoms with van der Waals surface area (Å²) >= 11 is 5.90. The molecule has 0 radical (unpaired) electrons. The Morgan fingerprint density at radius 3 is 2.26 bits per heavy atom. The van der Waals surface area contributed by atoms with Gasteiger partial charge in [-0.2, -0.15) is 0 Å². The Hall–Kier alpha value is -2.98. The quantitative estimate of drug-likeness (QED) is 0.494. The van der Waals surface area contributed by atoms with E-state index in [1.54, 1.807) is 20.4 Å². The number of methoxy groups -OCH3 is 2. The minimum absolute atomic E-state index is 0.437. The summed E-state index contributed by atoms with van der Waals surface area (Å²) in [5.41, 5.74) is 2.80. The Labute approximate surface area is 164 Å². The van der Waals surface area contributed by atoms with Gasteiger partial charge in [0, 0.05) is 11.2 Å². The number of ether oxygens (including phenoxy) is 3. The molecule has 0 saturated heterocycles. The largest absolute Gasteiger partial charge is 0.497 e. The summed E-state index contributed by atoms with van der Waals surface area (Å²) in [6.45, 7) is 0.437. The highest BCUT2D eigenvalue weighted by atomic mass is 35.5. The highest BCUT2D eigenvalue weighted by molar-refractivity contribution is 6.30. The van der Waals surface area contributed by atoms with Crippen LogP contribution < -0.4 is 14.2 Å². The number of benzene rings is 3. The highest BCUT2D eigenvalue weighted by Gasteiger charge is 2.06. The first-order valence-electron chi connectivity index (χ1n) is 8.41. The predicted octanol–water partition coefficient (Wildman–Crippen LogP) is 5.69. The SMILES string of the molecule is COc1ccc(N=Cc2ccc(OCc3ccc(Cl)cc3)c(OC)c2)cc1. The van der Waals surface area contributed by atoms with Gasteiger partial charge in [-0.25, -0.2) is 0 Å². The molecule has 0 atom stereocenters. The van der Waals surface area contributed by atoms with E-state index in [1.165, 1.54) is 0 Å². The van der Waals surface area contributed by atoms with Crippen molar-refractivity contribution in [2.24, 2.45) is 4.99 Å². The van der Waals surface area contributed by atoms with Crippen LogP contribution in [-0.2, 0) is 6.61 Å². The lowest BCUT2D eigenvalue weighted by atomic mass is 10.2. The molecule has 138 valence electrons. The maximum Gasteiger partial charge on any atom is 0.161 e. The molecule has 0 aliphatic heterocycles. The van der Waals surface area contributed by atoms with Crippen LogP contribution in [-0.4, -0.2) is 20.4 Å². The van der Waals surface area contributed by atoms with Gasteiger partial charge in [0.1, 0.15) is 12.4 Å². The molecule has 0 bridgehead atoms. The van der Waals surface area contributed by atoms with Gasteiger partial charge in [-0.05, 0) is 65.7 Å². The molecular weight excluding hydrogens is 362 g/mol. The van der Waals surface area contributed by atoms with Crippen LogP contribution >= 0.6 is 11.6 Å². The van der Waals surface area contributed by atoms with Crippen LogP contribution in [0, 0.1) is 0 Å². The third-order valence-corrected chi connectivity index (χ3v) is 4.18. The third-order valence-electron chi connectivity index (χ3n) is 3.93. The van der Waals surface area contributed by atoms with Crippen LogP contribution in [0.1, 0.15) is 11.1 Å². The van der Waals surface area contributed by atoms with Crippen LogP contribution in [0.15, 0.2) is 71.7 Å². The second kappa shape index (κ2) is 9.10. The van der Waals surface area contributed by atoms with E-state index in [-0.39, 0.29) is 0 Å². The van der Waals surface area contributed by atoms with Crippen LogP contribution in [0.5, 0.6) is 17.2 Å². The Balaban J connectivity index is 1.69. The average molecular weight is 382 g/mol. The topological polar surface area (TPSA) is 40.0 Å². The van der Waals surface area contributed by atoms with Gasteiger partial charge in [-0.1, -0.05) is 23.7 Å². The van der Waals surface area contributed by atoms with Crippen LogP contribution in [0.3, 0.4) is 0 Å². The first kappa shape index (κ1) is 18.8. The Morgan fingerprint density at radius 1 is 0.852 bits per heavy atom. The second-order valence-corrected chi connectivity index (χ2v) is 6.22. The standard InChI is InChI=1S/C22H20ClNO3/c1-25-20-10-8-19(9-11-20)24-14-17-5-12-21(22(13-17)26-2)27-15-16-3-6-18(23)7-4-16/h3-14H,15H2,1-2H3. The van der Waals surface area contributed by atoms with Crippen molar-refractivity contribution in [3.05, 3.63) is 82.9 Å². The summed E-state index contributed by atoms with van der Waals surface area (Å²) in [5.74, 6) is 2.13. The van der Waals surface area contributed by atoms with Crippen LogP contribution in [0.4, 0.5) is 5.69 Å². The van der Waals surface area contributed by atoms with Gasteiger partial charge < -0.3 is 14.2 Å². The average Bonchev–Trinajstić information content (AvgIpc) is 2.72. The van der Waals surface area contributed by atoms with E-state index >= 15 is 0 Å². The molecule has 0 saturated carbocycles. The van der Waals surface area contributed by atoms with Crippen molar-refractivity contribution >= 4 is 23.5 Å². The van der Waals surface area contributed by atoms with E-state index in [0.717, 1.165) is 22.6 Å². The van der Waals surface area contributed by atoms with E-state index in [0.29, 0.717) is 23.1 Å². The summed E-state index contributed by atoms with van der Waals surface area (Å²) in [6.07, 6.45) is 1.79. The minimum atomic E-state index is 0.437. The van der Waals surface area contributed by atoms with E-state index in [2.05, 4.69) is 4.99 Å². The fraction of sp³-hybridized carbons (Fsp3) is 0.136. The Bertz CT molecular complexity index is 906. The van der Waals surface area contributed by atoms with Gasteiger partial charge in [0.05, 0.1) is 19.9 Å². The molecule has 0 spiro atoms. The smallest absolute Gasteiger partial charge is 0.161 e. The molecule has 3 aromatic rings. The van der Waals surface area contributed by atoms with Crippen molar-refractivity contribution in [1.82, 2.24) is 0 Å². The summed E-state index contributed by atoms with van der Waals surface area (Å²) in [5, 5.41) is 0.705. The Kier molecular flexibility index (Phi) is 6.34. The molecule has 0 N–H and O–H groups in total. The van der Waals surface area contributed by atoms with E-state index in [1.807, 2.05) is 66.7 Å². The Morgan fingerprint density at radius 2 is 1.59 bits per heavy atom. The molecule has 0 unspecified atom stereocenters. The lowest BCUT2D eigenvalue weighted by Gasteiger charge is -2.11. The van der Waals surface area contributed by atoms with Crippen molar-refractivity contribution in [2.75, 3.05) is 14.2 Å². The summed E-state index contributed by atoms with van der Waals surface area (Å²) in [6, 6.07) is 20.8. The van der Waals surface area contributed by atoms with Gasteiger partial charge in [0.2, 0.25) is 0 Å². The van der Waals surface area contributed by atoms with Gasteiger partial charge >= 0.3 is 0 Å². The number of aliphatic imine (C=N–C) groups is 1. The van der Waals surface area contributed by atoms with E-state index in [4.69, 9.17) is 25.8 Å². The molecule has 27 heavy (non-hydrogen) atoms. The zero-order valence-corrected chi connectivity index (χ0v) is 15.9. The number of hydrogen-bond donors (Lipinski definition) is 0. The fourth-order valence-electron chi connectivity index (χ4n) is 2.44. The van der Waals surface area contributed by atoms with Gasteiger partial charge in [-0.3, -0.25) is 4.99 Å². The lowest BCUT2D eigenvalue weighted by molar-refractivity contribution is 0.284. The molecule has 3 aromatic carbocycles. The van der Waals surface area contributed by atoms with Crippen molar-refractivity contribution in [3.63, 3.8) is 0 Å². The van der Waals surface area contributed by atoms with Crippen molar-refractivity contribution in [2.45, 2.75) is 6.61 Å². The summed E-state index contributed by atoms with van der Waals surface area (Å²) in [4.78, 5) is 4.47. The van der Waals surface area contributed by atoms with Crippen molar-refractivity contribution in [1.29, 1.82) is 0 Å². The molecule has 3 rings (SSSR count). The maximum absolute atomic E-state index is 5.90. The monoisotopic (exact) mass is 381 g/mol. The summed E-state index contributed by atoms with van der Waals surface area (Å²) in [7, 11) is 3.26. The molecule has 0 aliphatic carbocycles. The molecule has 5 heteroatoms.